The predicted octanol–water partition coefficient (Wildman–Crippen LogP) is 1.41. The lowest BCUT2D eigenvalue weighted by atomic mass is 10.2. The second-order valence-electron chi connectivity index (χ2n) is 3.93. The molecule has 1 heterocycles. The van der Waals surface area contributed by atoms with E-state index in [4.69, 9.17) is 11.0 Å². The molecule has 0 aromatic carbocycles. The van der Waals surface area contributed by atoms with Gasteiger partial charge < -0.3 is 10.6 Å². The highest BCUT2D eigenvalue weighted by Crippen LogP contribution is 2.22. The summed E-state index contributed by atoms with van der Waals surface area (Å²) in [6, 6.07) is 2.26. The molecular weight excluding hydrogens is 202 g/mol. The normalized spacial score (nSPS) is 11.9. The van der Waals surface area contributed by atoms with Gasteiger partial charge in [0.2, 0.25) is 0 Å². The number of aromatic nitrogens is 2. The number of nitrogens with zero attached hydrogens (tertiary/aromatic N) is 4. The number of nitrogen functional groups attached to an aromatic ring is 1. The molecule has 0 fully saturated rings. The zero-order valence-electron chi connectivity index (χ0n) is 10.2. The largest absolute Gasteiger partial charge is 0.383 e. The second kappa shape index (κ2) is 4.79. The Labute approximate surface area is 95.9 Å². The van der Waals surface area contributed by atoms with Crippen LogP contribution in [0.25, 0.3) is 0 Å². The molecule has 0 aliphatic carbocycles. The second-order valence-corrected chi connectivity index (χ2v) is 3.93. The van der Waals surface area contributed by atoms with E-state index in [1.165, 1.54) is 0 Å². The third-order valence-electron chi connectivity index (χ3n) is 2.65. The third kappa shape index (κ3) is 2.40. The molecule has 0 saturated heterocycles. The summed E-state index contributed by atoms with van der Waals surface area (Å²) in [5.41, 5.74) is 6.65. The molecule has 0 aliphatic heterocycles. The van der Waals surface area contributed by atoms with Gasteiger partial charge in [0.1, 0.15) is 17.5 Å². The Kier molecular flexibility index (Phi) is 3.67. The molecule has 0 aliphatic rings. The van der Waals surface area contributed by atoms with Crippen molar-refractivity contribution in [1.29, 1.82) is 5.26 Å². The van der Waals surface area contributed by atoms with Crippen LogP contribution in [0, 0.1) is 25.2 Å². The monoisotopic (exact) mass is 219 g/mol. The Hall–Kier alpha value is -1.83. The lowest BCUT2D eigenvalue weighted by Gasteiger charge is -2.26. The highest BCUT2D eigenvalue weighted by atomic mass is 15.2. The van der Waals surface area contributed by atoms with E-state index in [1.54, 1.807) is 0 Å². The van der Waals surface area contributed by atoms with Crippen molar-refractivity contribution in [2.75, 3.05) is 17.7 Å². The molecule has 2 N–H and O–H groups in total. The van der Waals surface area contributed by atoms with Gasteiger partial charge in [0.05, 0.1) is 12.5 Å². The minimum Gasteiger partial charge on any atom is -0.383 e. The Morgan fingerprint density at radius 1 is 1.44 bits per heavy atom. The van der Waals surface area contributed by atoms with Crippen LogP contribution in [0.15, 0.2) is 0 Å². The molecule has 5 nitrogen and oxygen atoms in total. The summed E-state index contributed by atoms with van der Waals surface area (Å²) in [5, 5.41) is 8.68. The van der Waals surface area contributed by atoms with Gasteiger partial charge in [0, 0.05) is 18.7 Å². The fourth-order valence-corrected chi connectivity index (χ4v) is 1.46. The average Bonchev–Trinajstić information content (AvgIpc) is 2.22. The smallest absolute Gasteiger partial charge is 0.137 e. The van der Waals surface area contributed by atoms with E-state index < -0.39 is 0 Å². The first kappa shape index (κ1) is 12.2. The van der Waals surface area contributed by atoms with Crippen molar-refractivity contribution in [3.8, 4) is 6.07 Å². The fraction of sp³-hybridized carbons (Fsp3) is 0.545. The topological polar surface area (TPSA) is 78.8 Å². The lowest BCUT2D eigenvalue weighted by Crippen LogP contribution is -2.30. The summed E-state index contributed by atoms with van der Waals surface area (Å²) >= 11 is 0. The maximum atomic E-state index is 8.68. The van der Waals surface area contributed by atoms with Crippen molar-refractivity contribution in [1.82, 2.24) is 9.97 Å². The molecule has 1 atom stereocenters. The molecule has 0 radical (unpaired) electrons. The summed E-state index contributed by atoms with van der Waals surface area (Å²) in [6.07, 6.45) is 0.457. The number of rotatable bonds is 3. The van der Waals surface area contributed by atoms with Gasteiger partial charge in [-0.3, -0.25) is 0 Å². The van der Waals surface area contributed by atoms with Gasteiger partial charge in [0.15, 0.2) is 0 Å². The molecule has 1 rings (SSSR count). The highest BCUT2D eigenvalue weighted by molar-refractivity contribution is 5.56. The van der Waals surface area contributed by atoms with Gasteiger partial charge in [-0.15, -0.1) is 0 Å². The van der Waals surface area contributed by atoms with Gasteiger partial charge >= 0.3 is 0 Å². The quantitative estimate of drug-likeness (QED) is 0.831. The first-order chi connectivity index (χ1) is 7.47. The third-order valence-corrected chi connectivity index (χ3v) is 2.65. The maximum Gasteiger partial charge on any atom is 0.137 e. The minimum atomic E-state index is 0.109. The zero-order chi connectivity index (χ0) is 12.3. The van der Waals surface area contributed by atoms with Crippen LogP contribution in [-0.4, -0.2) is 23.1 Å². The zero-order valence-corrected chi connectivity index (χ0v) is 10.2. The van der Waals surface area contributed by atoms with Crippen molar-refractivity contribution < 1.29 is 0 Å². The molecule has 16 heavy (non-hydrogen) atoms. The molecule has 1 aromatic rings. The van der Waals surface area contributed by atoms with Crippen LogP contribution >= 0.6 is 0 Å². The van der Waals surface area contributed by atoms with Gasteiger partial charge in [-0.25, -0.2) is 9.97 Å². The standard InChI is InChI=1S/C11H17N5/c1-7(5-6-12)16(4)11-8(2)10(13)14-9(3)15-11/h7H,5H2,1-4H3,(H2,13,14,15). The van der Waals surface area contributed by atoms with E-state index in [9.17, 15) is 0 Å². The average molecular weight is 219 g/mol. The Morgan fingerprint density at radius 3 is 2.62 bits per heavy atom. The van der Waals surface area contributed by atoms with Crippen LogP contribution < -0.4 is 10.6 Å². The van der Waals surface area contributed by atoms with Crippen molar-refractivity contribution >= 4 is 11.6 Å². The molecule has 0 spiro atoms. The molecule has 0 bridgehead atoms. The van der Waals surface area contributed by atoms with Crippen molar-refractivity contribution in [2.45, 2.75) is 33.2 Å². The SMILES string of the molecule is Cc1nc(N)c(C)c(N(C)C(C)CC#N)n1. The number of nitrogens with two attached hydrogens (primary N) is 1. The molecule has 0 saturated carbocycles. The summed E-state index contributed by atoms with van der Waals surface area (Å²) in [7, 11) is 1.91. The van der Waals surface area contributed by atoms with Crippen molar-refractivity contribution in [2.24, 2.45) is 0 Å². The summed E-state index contributed by atoms with van der Waals surface area (Å²) in [4.78, 5) is 10.4. The number of aryl methyl sites for hydroxylation is 1. The summed E-state index contributed by atoms with van der Waals surface area (Å²) in [6.45, 7) is 5.68. The van der Waals surface area contributed by atoms with Gasteiger partial charge in [-0.2, -0.15) is 5.26 Å². The molecule has 86 valence electrons. The molecular formula is C11H17N5. The Bertz CT molecular complexity index is 421. The van der Waals surface area contributed by atoms with E-state index >= 15 is 0 Å². The van der Waals surface area contributed by atoms with Gasteiger partial charge in [0.25, 0.3) is 0 Å². The van der Waals surface area contributed by atoms with Gasteiger partial charge in [-0.05, 0) is 20.8 Å². The first-order valence-electron chi connectivity index (χ1n) is 5.17. The fourth-order valence-electron chi connectivity index (χ4n) is 1.46. The van der Waals surface area contributed by atoms with Crippen LogP contribution in [0.1, 0.15) is 24.7 Å². The van der Waals surface area contributed by atoms with Crippen LogP contribution in [0.2, 0.25) is 0 Å². The maximum absolute atomic E-state index is 8.68. The number of hydrogen-bond acceptors (Lipinski definition) is 5. The number of anilines is 2. The molecule has 5 heteroatoms. The number of hydrogen-bond donors (Lipinski definition) is 1. The minimum absolute atomic E-state index is 0.109. The van der Waals surface area contributed by atoms with E-state index in [2.05, 4.69) is 16.0 Å². The van der Waals surface area contributed by atoms with Crippen LogP contribution in [0.3, 0.4) is 0 Å². The van der Waals surface area contributed by atoms with Crippen molar-refractivity contribution in [3.05, 3.63) is 11.4 Å². The van der Waals surface area contributed by atoms with Crippen molar-refractivity contribution in [3.63, 3.8) is 0 Å². The highest BCUT2D eigenvalue weighted by Gasteiger charge is 2.15. The van der Waals surface area contributed by atoms with Crippen LogP contribution in [-0.2, 0) is 0 Å². The molecule has 1 unspecified atom stereocenters. The van der Waals surface area contributed by atoms with E-state index in [0.29, 0.717) is 18.1 Å². The first-order valence-corrected chi connectivity index (χ1v) is 5.17. The van der Waals surface area contributed by atoms with Crippen LogP contribution in [0.5, 0.6) is 0 Å². The molecule has 1 aromatic heterocycles. The lowest BCUT2D eigenvalue weighted by molar-refractivity contribution is 0.689. The summed E-state index contributed by atoms with van der Waals surface area (Å²) in [5.74, 6) is 1.94. The van der Waals surface area contributed by atoms with Gasteiger partial charge in [-0.1, -0.05) is 0 Å². The van der Waals surface area contributed by atoms with E-state index in [-0.39, 0.29) is 6.04 Å². The van der Waals surface area contributed by atoms with Crippen LogP contribution in [0.4, 0.5) is 11.6 Å². The van der Waals surface area contributed by atoms with E-state index in [1.807, 2.05) is 32.7 Å². The van der Waals surface area contributed by atoms with E-state index in [0.717, 1.165) is 11.4 Å². The Morgan fingerprint density at radius 2 is 2.06 bits per heavy atom. The number of nitriles is 1. The Balaban J connectivity index is 3.08. The summed E-state index contributed by atoms with van der Waals surface area (Å²) < 4.78 is 0. The predicted molar refractivity (Wildman–Crippen MR) is 64.0 cm³/mol. The molecule has 0 amide bonds.